The molecule has 0 saturated carbocycles. The second-order valence-corrected chi connectivity index (χ2v) is 4.70. The van der Waals surface area contributed by atoms with E-state index in [1.165, 1.54) is 12.1 Å². The van der Waals surface area contributed by atoms with Crippen molar-refractivity contribution in [2.24, 2.45) is 4.99 Å². The summed E-state index contributed by atoms with van der Waals surface area (Å²) in [6.45, 7) is 1.30. The van der Waals surface area contributed by atoms with E-state index in [4.69, 9.17) is 0 Å². The number of halogens is 1. The van der Waals surface area contributed by atoms with Gasteiger partial charge in [-0.05, 0) is 12.1 Å². The van der Waals surface area contributed by atoms with Gasteiger partial charge < -0.3 is 15.1 Å². The molecule has 0 radical (unpaired) electrons. The summed E-state index contributed by atoms with van der Waals surface area (Å²) in [5.74, 6) is 0.899. The maximum Gasteiger partial charge on any atom is 0.269 e. The van der Waals surface area contributed by atoms with Crippen LogP contribution in [0, 0.1) is 10.1 Å². The van der Waals surface area contributed by atoms with Crippen LogP contribution in [0.3, 0.4) is 0 Å². The zero-order valence-corrected chi connectivity index (χ0v) is 15.1. The van der Waals surface area contributed by atoms with Gasteiger partial charge in [-0.15, -0.1) is 24.0 Å². The Bertz CT molecular complexity index is 464. The Morgan fingerprint density at radius 2 is 1.71 bits per heavy atom. The molecule has 0 amide bonds. The molecule has 1 aromatic carbocycles. The fourth-order valence-electron chi connectivity index (χ4n) is 1.74. The second kappa shape index (κ2) is 9.37. The Hall–Kier alpha value is -1.58. The van der Waals surface area contributed by atoms with E-state index in [-0.39, 0.29) is 29.7 Å². The Kier molecular flexibility index (Phi) is 8.67. The molecule has 1 N–H and O–H groups in total. The van der Waals surface area contributed by atoms with E-state index < -0.39 is 4.92 Å². The fraction of sp³-hybridized carbons (Fsp3) is 0.462. The first kappa shape index (κ1) is 19.4. The van der Waals surface area contributed by atoms with Crippen LogP contribution >= 0.6 is 24.0 Å². The van der Waals surface area contributed by atoms with Crippen LogP contribution in [0.4, 0.5) is 11.4 Å². The minimum Gasteiger partial charge on any atom is -0.383 e. The van der Waals surface area contributed by atoms with E-state index in [0.717, 1.165) is 11.6 Å². The molecule has 0 aromatic heterocycles. The van der Waals surface area contributed by atoms with E-state index in [1.54, 1.807) is 12.1 Å². The molecule has 0 heterocycles. The normalized spacial score (nSPS) is 9.33. The van der Waals surface area contributed by atoms with Crippen LogP contribution in [0.5, 0.6) is 0 Å². The molecule has 1 rings (SSSR count). The summed E-state index contributed by atoms with van der Waals surface area (Å²) in [7, 11) is 7.79. The van der Waals surface area contributed by atoms with Gasteiger partial charge in [0.15, 0.2) is 5.96 Å². The van der Waals surface area contributed by atoms with Crippen LogP contribution in [0.15, 0.2) is 29.3 Å². The van der Waals surface area contributed by atoms with Gasteiger partial charge in [-0.2, -0.15) is 0 Å². The zero-order valence-electron chi connectivity index (χ0n) is 12.7. The minimum atomic E-state index is -0.408. The number of guanidine groups is 1. The third-order valence-electron chi connectivity index (χ3n) is 2.57. The van der Waals surface area contributed by atoms with Crippen LogP contribution in [0.1, 0.15) is 0 Å². The van der Waals surface area contributed by atoms with Gasteiger partial charge in [0.2, 0.25) is 0 Å². The van der Waals surface area contributed by atoms with Crippen molar-refractivity contribution in [1.29, 1.82) is 0 Å². The lowest BCUT2D eigenvalue weighted by Gasteiger charge is -2.22. The number of nitrogens with one attached hydrogen (secondary N) is 1. The fourth-order valence-corrected chi connectivity index (χ4v) is 1.74. The highest BCUT2D eigenvalue weighted by molar-refractivity contribution is 14.0. The van der Waals surface area contributed by atoms with Gasteiger partial charge in [0, 0.05) is 52.6 Å². The number of nitro benzene ring substituents is 1. The molecule has 0 saturated heterocycles. The van der Waals surface area contributed by atoms with Gasteiger partial charge in [-0.25, -0.2) is 0 Å². The summed E-state index contributed by atoms with van der Waals surface area (Å²) >= 11 is 0. The van der Waals surface area contributed by atoms with Crippen molar-refractivity contribution in [3.8, 4) is 0 Å². The van der Waals surface area contributed by atoms with E-state index in [9.17, 15) is 10.1 Å². The average molecular weight is 407 g/mol. The van der Waals surface area contributed by atoms with E-state index >= 15 is 0 Å². The van der Waals surface area contributed by atoms with Crippen molar-refractivity contribution in [2.75, 3.05) is 46.6 Å². The zero-order chi connectivity index (χ0) is 15.1. The largest absolute Gasteiger partial charge is 0.383 e. The van der Waals surface area contributed by atoms with Gasteiger partial charge in [-0.1, -0.05) is 0 Å². The first-order chi connectivity index (χ1) is 9.41. The summed E-state index contributed by atoms with van der Waals surface area (Å²) in [6, 6.07) is 6.36. The average Bonchev–Trinajstić information content (AvgIpc) is 2.38. The van der Waals surface area contributed by atoms with E-state index in [2.05, 4.69) is 10.3 Å². The van der Waals surface area contributed by atoms with E-state index in [0.29, 0.717) is 13.1 Å². The van der Waals surface area contributed by atoms with Crippen molar-refractivity contribution < 1.29 is 4.92 Å². The lowest BCUT2D eigenvalue weighted by molar-refractivity contribution is -0.384. The summed E-state index contributed by atoms with van der Waals surface area (Å²) in [4.78, 5) is 18.5. The van der Waals surface area contributed by atoms with E-state index in [1.807, 2.05) is 38.0 Å². The Morgan fingerprint density at radius 1 is 1.19 bits per heavy atom. The quantitative estimate of drug-likeness (QED) is 0.202. The molecular formula is C13H22IN5O2. The number of non-ortho nitro benzene ring substituents is 1. The highest BCUT2D eigenvalue weighted by Crippen LogP contribution is 2.14. The summed E-state index contributed by atoms with van der Waals surface area (Å²) in [5.41, 5.74) is 0.943. The number of aliphatic imine (C=N–C) groups is 1. The molecule has 118 valence electrons. The van der Waals surface area contributed by atoms with Crippen LogP contribution in [-0.2, 0) is 0 Å². The molecular weight excluding hydrogens is 385 g/mol. The standard InChI is InChI=1S/C13H21N5O2.HI/c1-16(2)13(17(3)4)15-10-9-14-11-5-7-12(8-6-11)18(19)20;/h5-8,14H,9-10H2,1-4H3;1H. The van der Waals surface area contributed by atoms with Crippen molar-refractivity contribution in [3.63, 3.8) is 0 Å². The minimum absolute atomic E-state index is 0. The van der Waals surface area contributed by atoms with Crippen LogP contribution in [0.2, 0.25) is 0 Å². The first-order valence-corrected chi connectivity index (χ1v) is 6.29. The van der Waals surface area contributed by atoms with Gasteiger partial charge in [-0.3, -0.25) is 15.1 Å². The first-order valence-electron chi connectivity index (χ1n) is 6.29. The molecule has 0 aliphatic rings. The lowest BCUT2D eigenvalue weighted by Crippen LogP contribution is -2.35. The molecule has 0 spiro atoms. The number of nitro groups is 1. The number of hydrogen-bond donors (Lipinski definition) is 1. The second-order valence-electron chi connectivity index (χ2n) is 4.70. The van der Waals surface area contributed by atoms with Crippen LogP contribution < -0.4 is 5.32 Å². The molecule has 0 unspecified atom stereocenters. The molecule has 0 atom stereocenters. The molecule has 0 aliphatic heterocycles. The maximum atomic E-state index is 10.5. The third-order valence-corrected chi connectivity index (χ3v) is 2.57. The highest BCUT2D eigenvalue weighted by atomic mass is 127. The van der Waals surface area contributed by atoms with Gasteiger partial charge in [0.1, 0.15) is 0 Å². The molecule has 21 heavy (non-hydrogen) atoms. The Balaban J connectivity index is 0.00000400. The van der Waals surface area contributed by atoms with Crippen LogP contribution in [0.25, 0.3) is 0 Å². The third kappa shape index (κ3) is 6.61. The van der Waals surface area contributed by atoms with Gasteiger partial charge >= 0.3 is 0 Å². The maximum absolute atomic E-state index is 10.5. The summed E-state index contributed by atoms with van der Waals surface area (Å²) in [5, 5.41) is 13.7. The topological polar surface area (TPSA) is 74.0 Å². The molecule has 8 heteroatoms. The smallest absolute Gasteiger partial charge is 0.269 e. The molecule has 1 aromatic rings. The van der Waals surface area contributed by atoms with Crippen molar-refractivity contribution in [1.82, 2.24) is 9.80 Å². The monoisotopic (exact) mass is 407 g/mol. The summed E-state index contributed by atoms with van der Waals surface area (Å²) in [6.07, 6.45) is 0. The number of anilines is 1. The predicted molar refractivity (Wildman–Crippen MR) is 96.7 cm³/mol. The Morgan fingerprint density at radius 3 is 2.14 bits per heavy atom. The van der Waals surface area contributed by atoms with Gasteiger partial charge in [0.05, 0.1) is 11.5 Å². The van der Waals surface area contributed by atoms with Gasteiger partial charge in [0.25, 0.3) is 5.69 Å². The van der Waals surface area contributed by atoms with Crippen molar-refractivity contribution >= 4 is 41.3 Å². The SMILES string of the molecule is CN(C)C(=NCCNc1ccc([N+](=O)[O-])cc1)N(C)C.I. The molecule has 0 bridgehead atoms. The highest BCUT2D eigenvalue weighted by Gasteiger charge is 2.04. The Labute approximate surface area is 142 Å². The molecule has 0 aliphatic carbocycles. The van der Waals surface area contributed by atoms with Crippen LogP contribution in [-0.4, -0.2) is 62.0 Å². The number of rotatable bonds is 5. The van der Waals surface area contributed by atoms with Crippen molar-refractivity contribution in [2.45, 2.75) is 0 Å². The predicted octanol–water partition coefficient (Wildman–Crippen LogP) is 2.10. The molecule has 0 fully saturated rings. The number of benzene rings is 1. The molecule has 7 nitrogen and oxygen atoms in total. The number of hydrogen-bond acceptors (Lipinski definition) is 4. The lowest BCUT2D eigenvalue weighted by atomic mass is 10.3. The van der Waals surface area contributed by atoms with Crippen molar-refractivity contribution in [3.05, 3.63) is 34.4 Å². The number of nitrogens with zero attached hydrogens (tertiary/aromatic N) is 4. The summed E-state index contributed by atoms with van der Waals surface area (Å²) < 4.78 is 0.